The number of guanidine groups is 1. The van der Waals surface area contributed by atoms with Gasteiger partial charge in [-0.1, -0.05) is 6.07 Å². The first-order chi connectivity index (χ1) is 12.0. The van der Waals surface area contributed by atoms with Crippen molar-refractivity contribution in [3.05, 3.63) is 59.4 Å². The zero-order valence-corrected chi connectivity index (χ0v) is 17.6. The number of nitrogens with one attached hydrogen (secondary N) is 1. The van der Waals surface area contributed by atoms with Crippen LogP contribution in [0.15, 0.2) is 41.5 Å². The molecule has 1 saturated carbocycles. The molecule has 1 heterocycles. The molecule has 1 aromatic carbocycles. The van der Waals surface area contributed by atoms with Crippen molar-refractivity contribution in [2.75, 3.05) is 13.6 Å². The van der Waals surface area contributed by atoms with E-state index in [4.69, 9.17) is 0 Å². The summed E-state index contributed by atoms with van der Waals surface area (Å²) in [6.07, 6.45) is 2.71. The van der Waals surface area contributed by atoms with Gasteiger partial charge in [-0.25, -0.2) is 8.78 Å². The van der Waals surface area contributed by atoms with E-state index in [1.807, 2.05) is 38.2 Å². The molecule has 0 radical (unpaired) electrons. The van der Waals surface area contributed by atoms with E-state index < -0.39 is 11.6 Å². The first-order valence-electron chi connectivity index (χ1n) is 8.57. The lowest BCUT2D eigenvalue weighted by atomic mass is 10.1. The third kappa shape index (κ3) is 4.55. The number of rotatable bonds is 5. The Morgan fingerprint density at radius 2 is 1.96 bits per heavy atom. The summed E-state index contributed by atoms with van der Waals surface area (Å²) in [5.41, 5.74) is 1.35. The Bertz CT molecular complexity index is 754. The summed E-state index contributed by atoms with van der Waals surface area (Å²) < 4.78 is 30.0. The van der Waals surface area contributed by atoms with Crippen LogP contribution in [0.4, 0.5) is 8.78 Å². The molecular weight excluding hydrogens is 449 g/mol. The molecular formula is C19H25F2IN4. The van der Waals surface area contributed by atoms with Gasteiger partial charge in [0.1, 0.15) is 11.6 Å². The third-order valence-corrected chi connectivity index (χ3v) is 4.60. The van der Waals surface area contributed by atoms with E-state index in [0.717, 1.165) is 5.96 Å². The van der Waals surface area contributed by atoms with Gasteiger partial charge in [0.2, 0.25) is 0 Å². The Hall–Kier alpha value is -1.64. The summed E-state index contributed by atoms with van der Waals surface area (Å²) in [7, 11) is 3.97. The van der Waals surface area contributed by atoms with Crippen LogP contribution in [0.1, 0.15) is 30.5 Å². The molecule has 2 unspecified atom stereocenters. The molecule has 7 heteroatoms. The quantitative estimate of drug-likeness (QED) is 0.406. The van der Waals surface area contributed by atoms with Crippen LogP contribution >= 0.6 is 24.0 Å². The summed E-state index contributed by atoms with van der Waals surface area (Å²) >= 11 is 0. The van der Waals surface area contributed by atoms with Crippen LogP contribution < -0.4 is 5.32 Å². The van der Waals surface area contributed by atoms with Crippen molar-refractivity contribution in [2.45, 2.75) is 31.8 Å². The van der Waals surface area contributed by atoms with Crippen molar-refractivity contribution < 1.29 is 8.78 Å². The fourth-order valence-corrected chi connectivity index (χ4v) is 3.11. The zero-order valence-electron chi connectivity index (χ0n) is 15.2. The highest BCUT2D eigenvalue weighted by atomic mass is 127. The molecule has 142 valence electrons. The van der Waals surface area contributed by atoms with Gasteiger partial charge in [0.15, 0.2) is 5.96 Å². The molecule has 1 aromatic heterocycles. The highest BCUT2D eigenvalue weighted by molar-refractivity contribution is 14.0. The summed E-state index contributed by atoms with van der Waals surface area (Å²) in [6, 6.07) is 8.11. The van der Waals surface area contributed by atoms with Gasteiger partial charge in [0, 0.05) is 50.1 Å². The second-order valence-corrected chi connectivity index (χ2v) is 6.49. The van der Waals surface area contributed by atoms with E-state index in [-0.39, 0.29) is 41.5 Å². The largest absolute Gasteiger partial charge is 0.353 e. The van der Waals surface area contributed by atoms with Gasteiger partial charge in [-0.2, -0.15) is 0 Å². The molecule has 1 aliphatic carbocycles. The Morgan fingerprint density at radius 1 is 1.27 bits per heavy atom. The number of benzene rings is 1. The normalized spacial score (nSPS) is 19.0. The maximum Gasteiger partial charge on any atom is 0.194 e. The second-order valence-electron chi connectivity index (χ2n) is 6.49. The smallest absolute Gasteiger partial charge is 0.194 e. The van der Waals surface area contributed by atoms with E-state index in [2.05, 4.69) is 20.9 Å². The lowest BCUT2D eigenvalue weighted by molar-refractivity contribution is 0.459. The fraction of sp³-hybridized carbons (Fsp3) is 0.421. The minimum atomic E-state index is -0.472. The van der Waals surface area contributed by atoms with Crippen LogP contribution in [0.3, 0.4) is 0 Å². The molecule has 0 aliphatic heterocycles. The van der Waals surface area contributed by atoms with Crippen molar-refractivity contribution in [3.8, 4) is 0 Å². The Kier molecular flexibility index (Phi) is 7.02. The van der Waals surface area contributed by atoms with Crippen LogP contribution in [0.25, 0.3) is 0 Å². The van der Waals surface area contributed by atoms with Crippen molar-refractivity contribution in [2.24, 2.45) is 12.0 Å². The van der Waals surface area contributed by atoms with Gasteiger partial charge in [-0.05, 0) is 37.6 Å². The van der Waals surface area contributed by atoms with Crippen molar-refractivity contribution >= 4 is 29.9 Å². The van der Waals surface area contributed by atoms with Crippen molar-refractivity contribution in [3.63, 3.8) is 0 Å². The van der Waals surface area contributed by atoms with Crippen molar-refractivity contribution in [1.29, 1.82) is 0 Å². The summed E-state index contributed by atoms with van der Waals surface area (Å²) in [5.74, 6) is -0.333. The molecule has 4 nitrogen and oxygen atoms in total. The predicted octanol–water partition coefficient (Wildman–Crippen LogP) is 3.87. The third-order valence-electron chi connectivity index (χ3n) is 4.60. The molecule has 1 N–H and O–H groups in total. The van der Waals surface area contributed by atoms with E-state index in [1.54, 1.807) is 0 Å². The number of nitrogens with zero attached hydrogens (tertiary/aromatic N) is 3. The Labute approximate surface area is 170 Å². The zero-order chi connectivity index (χ0) is 18.0. The van der Waals surface area contributed by atoms with Crippen LogP contribution in [0.5, 0.6) is 0 Å². The van der Waals surface area contributed by atoms with E-state index in [0.29, 0.717) is 19.5 Å². The Balaban J connectivity index is 0.00000243. The fourth-order valence-electron chi connectivity index (χ4n) is 3.11. The van der Waals surface area contributed by atoms with Gasteiger partial charge in [0.25, 0.3) is 0 Å². The number of aliphatic imine (C=N–C) groups is 1. The van der Waals surface area contributed by atoms with Crippen LogP contribution in [-0.2, 0) is 13.6 Å². The number of hydrogen-bond acceptors (Lipinski definition) is 1. The summed E-state index contributed by atoms with van der Waals surface area (Å²) in [4.78, 5) is 6.56. The minimum absolute atomic E-state index is 0. The number of hydrogen-bond donors (Lipinski definition) is 1. The maximum absolute atomic E-state index is 13.9. The van der Waals surface area contributed by atoms with Crippen LogP contribution in [0.2, 0.25) is 0 Å². The topological polar surface area (TPSA) is 32.6 Å². The molecule has 1 fully saturated rings. The molecule has 0 spiro atoms. The molecule has 0 saturated heterocycles. The van der Waals surface area contributed by atoms with Gasteiger partial charge in [0.05, 0.1) is 6.54 Å². The highest BCUT2D eigenvalue weighted by Crippen LogP contribution is 2.43. The molecule has 26 heavy (non-hydrogen) atoms. The predicted molar refractivity (Wildman–Crippen MR) is 111 cm³/mol. The van der Waals surface area contributed by atoms with Gasteiger partial charge in [-0.3, -0.25) is 4.99 Å². The first-order valence-corrected chi connectivity index (χ1v) is 8.57. The molecule has 2 atom stereocenters. The van der Waals surface area contributed by atoms with Crippen molar-refractivity contribution in [1.82, 2.24) is 14.8 Å². The average molecular weight is 474 g/mol. The van der Waals surface area contributed by atoms with E-state index in [1.165, 1.54) is 23.9 Å². The molecule has 0 amide bonds. The average Bonchev–Trinajstić information content (AvgIpc) is 3.20. The first kappa shape index (κ1) is 20.7. The molecule has 3 rings (SSSR count). The molecule has 2 aromatic rings. The second kappa shape index (κ2) is 8.83. The Morgan fingerprint density at radius 3 is 2.54 bits per heavy atom. The summed E-state index contributed by atoms with van der Waals surface area (Å²) in [6.45, 7) is 3.32. The number of aryl methyl sites for hydroxylation is 1. The standard InChI is InChI=1S/C19H24F2N4.HI/c1-4-22-19(25(3)12-13-7-6-10-24(13)2)23-17-11-14(17)18-15(20)8-5-9-16(18)21;/h5-10,14,17H,4,11-12H2,1-3H3,(H,22,23);1H. The highest BCUT2D eigenvalue weighted by Gasteiger charge is 2.42. The lowest BCUT2D eigenvalue weighted by Gasteiger charge is -2.23. The SMILES string of the molecule is CCN=C(NC1CC1c1c(F)cccc1F)N(C)Cc1cccn1C.I. The van der Waals surface area contributed by atoms with Gasteiger partial charge >= 0.3 is 0 Å². The van der Waals surface area contributed by atoms with Gasteiger partial charge in [-0.15, -0.1) is 24.0 Å². The van der Waals surface area contributed by atoms with E-state index in [9.17, 15) is 8.78 Å². The maximum atomic E-state index is 13.9. The molecule has 1 aliphatic rings. The minimum Gasteiger partial charge on any atom is -0.353 e. The van der Waals surface area contributed by atoms with E-state index >= 15 is 0 Å². The number of aromatic nitrogens is 1. The summed E-state index contributed by atoms with van der Waals surface area (Å²) in [5, 5.41) is 3.36. The monoisotopic (exact) mass is 474 g/mol. The van der Waals surface area contributed by atoms with Crippen LogP contribution in [0, 0.1) is 11.6 Å². The van der Waals surface area contributed by atoms with Gasteiger partial charge < -0.3 is 14.8 Å². The number of halogens is 3. The molecule has 0 bridgehead atoms. The lowest BCUT2D eigenvalue weighted by Crippen LogP contribution is -2.40. The van der Waals surface area contributed by atoms with Crippen LogP contribution in [-0.4, -0.2) is 35.1 Å².